The number of benzene rings is 1. The summed E-state index contributed by atoms with van der Waals surface area (Å²) in [6.07, 6.45) is 1.61. The fourth-order valence-corrected chi connectivity index (χ4v) is 2.29. The van der Waals surface area contributed by atoms with E-state index in [1.54, 1.807) is 30.5 Å². The molecule has 1 N–H and O–H groups in total. The van der Waals surface area contributed by atoms with Gasteiger partial charge in [-0.2, -0.15) is 5.26 Å². The smallest absolute Gasteiger partial charge is 0.267 e. The molecule has 6 nitrogen and oxygen atoms in total. The molecule has 1 saturated heterocycles. The molecule has 6 heteroatoms. The van der Waals surface area contributed by atoms with E-state index >= 15 is 0 Å². The van der Waals surface area contributed by atoms with Crippen molar-refractivity contribution in [1.82, 2.24) is 9.80 Å². The summed E-state index contributed by atoms with van der Waals surface area (Å²) in [6.45, 7) is 4.84. The summed E-state index contributed by atoms with van der Waals surface area (Å²) >= 11 is 0. The standard InChI is InChI=1S/C17H20N4O2/c1-13(22)14-4-3-5-16(10-14)19-17(23)15(11-18)12-21-8-6-20(2)7-9-21/h3-5,10,12H,6-9H2,1-2H3,(H,19,23)/b15-12-. The predicted octanol–water partition coefficient (Wildman–Crippen LogP) is 1.48. The first-order valence-electron chi connectivity index (χ1n) is 7.46. The third-order valence-corrected chi connectivity index (χ3v) is 3.74. The fourth-order valence-electron chi connectivity index (χ4n) is 2.29. The number of piperazine rings is 1. The summed E-state index contributed by atoms with van der Waals surface area (Å²) in [5.41, 5.74) is 1.08. The van der Waals surface area contributed by atoms with Crippen LogP contribution >= 0.6 is 0 Å². The van der Waals surface area contributed by atoms with Gasteiger partial charge in [-0.25, -0.2) is 0 Å². The Balaban J connectivity index is 2.07. The average molecular weight is 312 g/mol. The Kier molecular flexibility index (Phi) is 5.50. The van der Waals surface area contributed by atoms with Crippen LogP contribution in [-0.4, -0.2) is 54.7 Å². The SMILES string of the molecule is CC(=O)c1cccc(NC(=O)/C(C#N)=C\N2CCN(C)CC2)c1. The third-order valence-electron chi connectivity index (χ3n) is 3.74. The monoisotopic (exact) mass is 312 g/mol. The maximum absolute atomic E-state index is 12.2. The van der Waals surface area contributed by atoms with Gasteiger partial charge in [-0.05, 0) is 26.1 Å². The number of nitriles is 1. The molecular weight excluding hydrogens is 292 g/mol. The molecule has 0 aromatic heterocycles. The molecule has 0 aliphatic carbocycles. The molecule has 1 aromatic rings. The van der Waals surface area contributed by atoms with Crippen LogP contribution in [0, 0.1) is 11.3 Å². The van der Waals surface area contributed by atoms with E-state index in [-0.39, 0.29) is 11.4 Å². The van der Waals surface area contributed by atoms with E-state index in [0.717, 1.165) is 26.2 Å². The number of ketones is 1. The molecule has 0 unspecified atom stereocenters. The maximum atomic E-state index is 12.2. The second-order valence-electron chi connectivity index (χ2n) is 5.58. The van der Waals surface area contributed by atoms with E-state index < -0.39 is 5.91 Å². The Morgan fingerprint density at radius 2 is 1.96 bits per heavy atom. The van der Waals surface area contributed by atoms with Gasteiger partial charge in [-0.3, -0.25) is 9.59 Å². The predicted molar refractivity (Wildman–Crippen MR) is 87.8 cm³/mol. The average Bonchev–Trinajstić information content (AvgIpc) is 2.54. The molecule has 1 aliphatic rings. The summed E-state index contributed by atoms with van der Waals surface area (Å²) in [5.74, 6) is -0.540. The molecule has 1 fully saturated rings. The maximum Gasteiger partial charge on any atom is 0.267 e. The Morgan fingerprint density at radius 1 is 1.26 bits per heavy atom. The number of hydrogen-bond donors (Lipinski definition) is 1. The number of carbonyl (C=O) groups excluding carboxylic acids is 2. The van der Waals surface area contributed by atoms with Gasteiger partial charge in [0.05, 0.1) is 0 Å². The summed E-state index contributed by atoms with van der Waals surface area (Å²) in [5, 5.41) is 11.9. The second-order valence-corrected chi connectivity index (χ2v) is 5.58. The van der Waals surface area contributed by atoms with Crippen LogP contribution in [-0.2, 0) is 4.79 Å². The molecule has 0 bridgehead atoms. The highest BCUT2D eigenvalue weighted by Crippen LogP contribution is 2.13. The zero-order chi connectivity index (χ0) is 16.8. The Bertz CT molecular complexity index is 667. The van der Waals surface area contributed by atoms with Gasteiger partial charge < -0.3 is 15.1 Å². The van der Waals surface area contributed by atoms with Crippen LogP contribution < -0.4 is 5.32 Å². The first-order valence-corrected chi connectivity index (χ1v) is 7.46. The lowest BCUT2D eigenvalue weighted by Gasteiger charge is -2.31. The van der Waals surface area contributed by atoms with Crippen molar-refractivity contribution < 1.29 is 9.59 Å². The van der Waals surface area contributed by atoms with Crippen molar-refractivity contribution in [3.05, 3.63) is 41.6 Å². The number of nitrogens with one attached hydrogen (secondary N) is 1. The fraction of sp³-hybridized carbons (Fsp3) is 0.353. The van der Waals surface area contributed by atoms with Crippen LogP contribution in [0.2, 0.25) is 0 Å². The number of anilines is 1. The van der Waals surface area contributed by atoms with Crippen molar-refractivity contribution in [2.24, 2.45) is 0 Å². The number of amides is 1. The van der Waals surface area contributed by atoms with Crippen molar-refractivity contribution >= 4 is 17.4 Å². The highest BCUT2D eigenvalue weighted by molar-refractivity contribution is 6.07. The molecule has 1 aliphatic heterocycles. The highest BCUT2D eigenvalue weighted by atomic mass is 16.1. The zero-order valence-electron chi connectivity index (χ0n) is 13.4. The van der Waals surface area contributed by atoms with Gasteiger partial charge in [-0.15, -0.1) is 0 Å². The van der Waals surface area contributed by atoms with Crippen LogP contribution in [0.1, 0.15) is 17.3 Å². The minimum absolute atomic E-state index is 0.0581. The third kappa shape index (κ3) is 4.66. The van der Waals surface area contributed by atoms with Crippen LogP contribution in [0.5, 0.6) is 0 Å². The number of rotatable bonds is 4. The van der Waals surface area contributed by atoms with E-state index in [0.29, 0.717) is 11.3 Å². The molecular formula is C17H20N4O2. The second kappa shape index (κ2) is 7.56. The molecule has 0 spiro atoms. The van der Waals surface area contributed by atoms with E-state index in [9.17, 15) is 14.9 Å². The van der Waals surface area contributed by atoms with Gasteiger partial charge in [-0.1, -0.05) is 12.1 Å². The molecule has 0 atom stereocenters. The first-order chi connectivity index (χ1) is 11.0. The van der Waals surface area contributed by atoms with Crippen molar-refractivity contribution in [3.63, 3.8) is 0 Å². The van der Waals surface area contributed by atoms with E-state index in [4.69, 9.17) is 0 Å². The summed E-state index contributed by atoms with van der Waals surface area (Å²) in [4.78, 5) is 27.8. The van der Waals surface area contributed by atoms with Crippen molar-refractivity contribution in [3.8, 4) is 6.07 Å². The van der Waals surface area contributed by atoms with Crippen molar-refractivity contribution in [2.75, 3.05) is 38.5 Å². The topological polar surface area (TPSA) is 76.4 Å². The molecule has 0 radical (unpaired) electrons. The number of nitrogens with zero attached hydrogens (tertiary/aromatic N) is 3. The Hall–Kier alpha value is -2.65. The van der Waals surface area contributed by atoms with E-state index in [1.807, 2.05) is 18.0 Å². The number of likely N-dealkylation sites (N-methyl/N-ethyl adjacent to an activating group) is 1. The Labute approximate surface area is 136 Å². The molecule has 1 amide bonds. The molecule has 2 rings (SSSR count). The summed E-state index contributed by atoms with van der Waals surface area (Å²) in [7, 11) is 2.04. The van der Waals surface area contributed by atoms with E-state index in [1.165, 1.54) is 6.92 Å². The van der Waals surface area contributed by atoms with Crippen LogP contribution in [0.3, 0.4) is 0 Å². The van der Waals surface area contributed by atoms with Gasteiger partial charge in [0.2, 0.25) is 0 Å². The minimum Gasteiger partial charge on any atom is -0.374 e. The molecule has 1 heterocycles. The normalized spacial score (nSPS) is 15.9. The minimum atomic E-state index is -0.466. The number of Topliss-reactive ketones (excluding diaryl/α,β-unsaturated/α-hetero) is 1. The van der Waals surface area contributed by atoms with Crippen LogP contribution in [0.25, 0.3) is 0 Å². The Morgan fingerprint density at radius 3 is 2.57 bits per heavy atom. The van der Waals surface area contributed by atoms with Crippen LogP contribution in [0.15, 0.2) is 36.0 Å². The first kappa shape index (κ1) is 16.7. The number of carbonyl (C=O) groups is 2. The summed E-state index contributed by atoms with van der Waals surface area (Å²) < 4.78 is 0. The number of hydrogen-bond acceptors (Lipinski definition) is 5. The quantitative estimate of drug-likeness (QED) is 0.518. The van der Waals surface area contributed by atoms with Gasteiger partial charge in [0.15, 0.2) is 5.78 Å². The van der Waals surface area contributed by atoms with Crippen molar-refractivity contribution in [1.29, 1.82) is 5.26 Å². The lowest BCUT2D eigenvalue weighted by molar-refractivity contribution is -0.112. The zero-order valence-corrected chi connectivity index (χ0v) is 13.4. The molecule has 1 aromatic carbocycles. The molecule has 23 heavy (non-hydrogen) atoms. The van der Waals surface area contributed by atoms with Gasteiger partial charge in [0.1, 0.15) is 11.6 Å². The lowest BCUT2D eigenvalue weighted by atomic mass is 10.1. The van der Waals surface area contributed by atoms with E-state index in [2.05, 4.69) is 10.2 Å². The lowest BCUT2D eigenvalue weighted by Crippen LogP contribution is -2.42. The highest BCUT2D eigenvalue weighted by Gasteiger charge is 2.15. The van der Waals surface area contributed by atoms with Gasteiger partial charge >= 0.3 is 0 Å². The largest absolute Gasteiger partial charge is 0.374 e. The van der Waals surface area contributed by atoms with Crippen molar-refractivity contribution in [2.45, 2.75) is 6.92 Å². The van der Waals surface area contributed by atoms with Crippen LogP contribution in [0.4, 0.5) is 5.69 Å². The van der Waals surface area contributed by atoms with Gasteiger partial charge in [0.25, 0.3) is 5.91 Å². The molecule has 0 saturated carbocycles. The summed E-state index contributed by atoms with van der Waals surface area (Å²) in [6, 6.07) is 8.62. The van der Waals surface area contributed by atoms with Gasteiger partial charge in [0, 0.05) is 43.6 Å². The molecule has 120 valence electrons.